The van der Waals surface area contributed by atoms with Crippen molar-refractivity contribution in [3.63, 3.8) is 0 Å². The first-order valence-electron chi connectivity index (χ1n) is 9.09. The lowest BCUT2D eigenvalue weighted by Gasteiger charge is -2.33. The van der Waals surface area contributed by atoms with Crippen LogP contribution in [0.3, 0.4) is 0 Å². The van der Waals surface area contributed by atoms with Gasteiger partial charge in [0.15, 0.2) is 0 Å². The minimum absolute atomic E-state index is 0.109. The van der Waals surface area contributed by atoms with Crippen LogP contribution in [-0.4, -0.2) is 46.5 Å². The Hall–Kier alpha value is -2.67. The molecule has 7 nitrogen and oxygen atoms in total. The van der Waals surface area contributed by atoms with E-state index >= 15 is 0 Å². The van der Waals surface area contributed by atoms with Gasteiger partial charge in [0.1, 0.15) is 0 Å². The van der Waals surface area contributed by atoms with Crippen LogP contribution in [-0.2, 0) is 16.1 Å². The minimum Gasteiger partial charge on any atom is -0.481 e. The topological polar surface area (TPSA) is 93.5 Å². The van der Waals surface area contributed by atoms with Crippen LogP contribution in [0.25, 0.3) is 0 Å². The zero-order chi connectivity index (χ0) is 19.4. The number of benzene rings is 1. The molecule has 0 unspecified atom stereocenters. The van der Waals surface area contributed by atoms with E-state index in [0.29, 0.717) is 38.2 Å². The number of hydrogen-bond acceptors (Lipinski definition) is 4. The van der Waals surface area contributed by atoms with Crippen molar-refractivity contribution in [2.75, 3.05) is 19.8 Å². The lowest BCUT2D eigenvalue weighted by molar-refractivity contribution is -0.154. The third-order valence-electron chi connectivity index (χ3n) is 5.14. The lowest BCUT2D eigenvalue weighted by atomic mass is 9.80. The maximum Gasteiger partial charge on any atom is 0.311 e. The average Bonchev–Trinajstić information content (AvgIpc) is 2.98. The first kappa shape index (κ1) is 19.1. The van der Waals surface area contributed by atoms with Gasteiger partial charge in [-0.1, -0.05) is 12.1 Å². The first-order valence-corrected chi connectivity index (χ1v) is 9.09. The molecule has 0 saturated carbocycles. The van der Waals surface area contributed by atoms with E-state index in [1.165, 1.54) is 0 Å². The largest absolute Gasteiger partial charge is 0.481 e. The Kier molecular flexibility index (Phi) is 5.60. The molecule has 1 aliphatic heterocycles. The number of rotatable bonds is 6. The number of aryl methyl sites for hydroxylation is 2. The molecule has 7 heteroatoms. The summed E-state index contributed by atoms with van der Waals surface area (Å²) in [6.45, 7) is 5.53. The lowest BCUT2D eigenvalue weighted by Crippen LogP contribution is -2.46. The fraction of sp³-hybridized carbons (Fsp3) is 0.450. The summed E-state index contributed by atoms with van der Waals surface area (Å²) >= 11 is 0. The Morgan fingerprint density at radius 2 is 1.89 bits per heavy atom. The van der Waals surface area contributed by atoms with Gasteiger partial charge in [-0.15, -0.1) is 0 Å². The molecule has 0 radical (unpaired) electrons. The fourth-order valence-electron chi connectivity index (χ4n) is 3.35. The molecule has 0 spiro atoms. The maximum atomic E-state index is 12.4. The van der Waals surface area contributed by atoms with Gasteiger partial charge in [-0.25, -0.2) is 0 Å². The molecule has 2 aromatic rings. The number of hydrogen-bond donors (Lipinski definition) is 2. The van der Waals surface area contributed by atoms with E-state index in [2.05, 4.69) is 10.4 Å². The Balaban J connectivity index is 1.62. The molecule has 2 N–H and O–H groups in total. The number of nitrogens with one attached hydrogen (secondary N) is 1. The highest BCUT2D eigenvalue weighted by Gasteiger charge is 2.40. The highest BCUT2D eigenvalue weighted by molar-refractivity contribution is 5.94. The number of amides is 1. The SMILES string of the molecule is Cc1cc(C)n(Cc2ccc(C(=O)NCC3(C(=O)O)CCOCC3)cc2)n1. The van der Waals surface area contributed by atoms with Gasteiger partial charge in [-0.3, -0.25) is 14.3 Å². The van der Waals surface area contributed by atoms with Crippen LogP contribution in [0.2, 0.25) is 0 Å². The van der Waals surface area contributed by atoms with E-state index in [4.69, 9.17) is 4.74 Å². The summed E-state index contributed by atoms with van der Waals surface area (Å²) in [4.78, 5) is 24.1. The molecule has 1 aliphatic rings. The normalized spacial score (nSPS) is 16.1. The monoisotopic (exact) mass is 371 g/mol. The first-order chi connectivity index (χ1) is 12.9. The minimum atomic E-state index is -0.941. The number of carboxylic acid groups (broad SMARTS) is 1. The van der Waals surface area contributed by atoms with Gasteiger partial charge in [0, 0.05) is 31.0 Å². The van der Waals surface area contributed by atoms with Crippen molar-refractivity contribution in [2.45, 2.75) is 33.2 Å². The smallest absolute Gasteiger partial charge is 0.311 e. The molecule has 1 aromatic carbocycles. The van der Waals surface area contributed by atoms with E-state index in [9.17, 15) is 14.7 Å². The molecule has 0 aliphatic carbocycles. The Morgan fingerprint density at radius 3 is 2.44 bits per heavy atom. The fourth-order valence-corrected chi connectivity index (χ4v) is 3.35. The summed E-state index contributed by atoms with van der Waals surface area (Å²) in [5, 5.41) is 16.8. The molecular weight excluding hydrogens is 346 g/mol. The number of nitrogens with zero attached hydrogens (tertiary/aromatic N) is 2. The van der Waals surface area contributed by atoms with Crippen LogP contribution < -0.4 is 5.32 Å². The van der Waals surface area contributed by atoms with Gasteiger partial charge in [0.05, 0.1) is 17.7 Å². The van der Waals surface area contributed by atoms with Crippen molar-refractivity contribution in [1.29, 1.82) is 0 Å². The quantitative estimate of drug-likeness (QED) is 0.812. The van der Waals surface area contributed by atoms with Crippen LogP contribution in [0.4, 0.5) is 0 Å². The van der Waals surface area contributed by atoms with Crippen LogP contribution in [0.1, 0.15) is 40.2 Å². The average molecular weight is 371 g/mol. The molecule has 1 fully saturated rings. The zero-order valence-electron chi connectivity index (χ0n) is 15.7. The van der Waals surface area contributed by atoms with Crippen molar-refractivity contribution >= 4 is 11.9 Å². The third-order valence-corrected chi connectivity index (χ3v) is 5.14. The van der Waals surface area contributed by atoms with Crippen LogP contribution in [0, 0.1) is 19.3 Å². The second-order valence-electron chi connectivity index (χ2n) is 7.16. The highest BCUT2D eigenvalue weighted by Crippen LogP contribution is 2.30. The summed E-state index contributed by atoms with van der Waals surface area (Å²) in [6.07, 6.45) is 0.814. The van der Waals surface area contributed by atoms with Crippen molar-refractivity contribution in [3.8, 4) is 0 Å². The summed E-state index contributed by atoms with van der Waals surface area (Å²) in [5.41, 5.74) is 2.68. The van der Waals surface area contributed by atoms with Gasteiger partial charge in [0.2, 0.25) is 0 Å². The third kappa shape index (κ3) is 4.36. The predicted molar refractivity (Wildman–Crippen MR) is 99.7 cm³/mol. The number of ether oxygens (including phenoxy) is 1. The van der Waals surface area contributed by atoms with Crippen molar-refractivity contribution in [3.05, 3.63) is 52.8 Å². The zero-order valence-corrected chi connectivity index (χ0v) is 15.7. The van der Waals surface area contributed by atoms with Gasteiger partial charge in [0.25, 0.3) is 5.91 Å². The van der Waals surface area contributed by atoms with E-state index in [1.807, 2.05) is 36.7 Å². The molecule has 0 bridgehead atoms. The van der Waals surface area contributed by atoms with E-state index in [1.54, 1.807) is 12.1 Å². The Labute approximate surface area is 158 Å². The second kappa shape index (κ2) is 7.92. The molecule has 27 heavy (non-hydrogen) atoms. The van der Waals surface area contributed by atoms with Crippen molar-refractivity contribution in [2.24, 2.45) is 5.41 Å². The van der Waals surface area contributed by atoms with Gasteiger partial charge < -0.3 is 15.2 Å². The number of aliphatic carboxylic acids is 1. The van der Waals surface area contributed by atoms with E-state index < -0.39 is 11.4 Å². The van der Waals surface area contributed by atoms with Crippen LogP contribution in [0.5, 0.6) is 0 Å². The molecule has 144 valence electrons. The molecule has 1 amide bonds. The number of carbonyl (C=O) groups is 2. The highest BCUT2D eigenvalue weighted by atomic mass is 16.5. The van der Waals surface area contributed by atoms with Crippen molar-refractivity contribution in [1.82, 2.24) is 15.1 Å². The van der Waals surface area contributed by atoms with Crippen LogP contribution in [0.15, 0.2) is 30.3 Å². The molecule has 1 aromatic heterocycles. The van der Waals surface area contributed by atoms with Gasteiger partial charge in [-0.05, 0) is 50.5 Å². The predicted octanol–water partition coefficient (Wildman–Crippen LogP) is 2.16. The van der Waals surface area contributed by atoms with E-state index in [0.717, 1.165) is 17.0 Å². The maximum absolute atomic E-state index is 12.4. The Bertz CT molecular complexity index is 820. The molecule has 1 saturated heterocycles. The molecule has 3 rings (SSSR count). The van der Waals surface area contributed by atoms with Crippen molar-refractivity contribution < 1.29 is 19.4 Å². The summed E-state index contributed by atoms with van der Waals surface area (Å²) in [6, 6.07) is 9.33. The van der Waals surface area contributed by atoms with E-state index in [-0.39, 0.29) is 12.5 Å². The molecule has 2 heterocycles. The standard InChI is InChI=1S/C20H25N3O4/c1-14-11-15(2)23(22-14)12-16-3-5-17(6-4-16)18(24)21-13-20(19(25)26)7-9-27-10-8-20/h3-6,11H,7-10,12-13H2,1-2H3,(H,21,24)(H,25,26). The summed E-state index contributed by atoms with van der Waals surface area (Å²) in [5.74, 6) is -1.15. The summed E-state index contributed by atoms with van der Waals surface area (Å²) < 4.78 is 7.18. The van der Waals surface area contributed by atoms with Crippen LogP contribution >= 0.6 is 0 Å². The van der Waals surface area contributed by atoms with Gasteiger partial charge >= 0.3 is 5.97 Å². The second-order valence-corrected chi connectivity index (χ2v) is 7.16. The summed E-state index contributed by atoms with van der Waals surface area (Å²) in [7, 11) is 0. The Morgan fingerprint density at radius 1 is 1.22 bits per heavy atom. The molecule has 0 atom stereocenters. The number of carboxylic acids is 1. The number of carbonyl (C=O) groups excluding carboxylic acids is 1. The molecular formula is C20H25N3O4. The number of aromatic nitrogens is 2. The van der Waals surface area contributed by atoms with Gasteiger partial charge in [-0.2, -0.15) is 5.10 Å².